The van der Waals surface area contributed by atoms with Gasteiger partial charge in [0.1, 0.15) is 19.3 Å². The van der Waals surface area contributed by atoms with Gasteiger partial charge < -0.3 is 14.4 Å². The minimum Gasteiger partial charge on any atom is -0.486 e. The summed E-state index contributed by atoms with van der Waals surface area (Å²) in [7, 11) is 0. The number of para-hydroxylation sites is 1. The lowest BCUT2D eigenvalue weighted by Crippen LogP contribution is -2.24. The maximum Gasteiger partial charge on any atom is 0.161 e. The number of ether oxygens (including phenoxy) is 2. The van der Waals surface area contributed by atoms with Gasteiger partial charge in [0.05, 0.1) is 22.3 Å². The zero-order chi connectivity index (χ0) is 16.5. The largest absolute Gasteiger partial charge is 0.486 e. The first kappa shape index (κ1) is 15.2. The van der Waals surface area contributed by atoms with Crippen molar-refractivity contribution in [2.24, 2.45) is 0 Å². The molecule has 1 saturated heterocycles. The van der Waals surface area contributed by atoms with E-state index in [-0.39, 0.29) is 6.04 Å². The van der Waals surface area contributed by atoms with Crippen LogP contribution in [0.2, 0.25) is 5.02 Å². The lowest BCUT2D eigenvalue weighted by atomic mass is 10.0. The summed E-state index contributed by atoms with van der Waals surface area (Å²) >= 11 is 6.42. The molecular formula is C19H17ClN2O2. The van der Waals surface area contributed by atoms with E-state index in [9.17, 15) is 5.26 Å². The summed E-state index contributed by atoms with van der Waals surface area (Å²) in [5.41, 5.74) is 2.62. The van der Waals surface area contributed by atoms with E-state index in [4.69, 9.17) is 21.1 Å². The van der Waals surface area contributed by atoms with Crippen LogP contribution in [0, 0.1) is 11.3 Å². The molecule has 5 heteroatoms. The number of hydrogen-bond donors (Lipinski definition) is 0. The van der Waals surface area contributed by atoms with E-state index in [0.29, 0.717) is 23.8 Å². The van der Waals surface area contributed by atoms with Gasteiger partial charge in [0.2, 0.25) is 0 Å². The van der Waals surface area contributed by atoms with Crippen LogP contribution in [0.4, 0.5) is 5.69 Å². The highest BCUT2D eigenvalue weighted by molar-refractivity contribution is 6.33. The van der Waals surface area contributed by atoms with E-state index in [1.165, 1.54) is 5.56 Å². The summed E-state index contributed by atoms with van der Waals surface area (Å²) in [5, 5.41) is 10.1. The fraction of sp³-hybridized carbons (Fsp3) is 0.316. The highest BCUT2D eigenvalue weighted by atomic mass is 35.5. The third-order valence-electron chi connectivity index (χ3n) is 4.60. The van der Waals surface area contributed by atoms with Crippen molar-refractivity contribution < 1.29 is 9.47 Å². The molecule has 2 heterocycles. The minimum absolute atomic E-state index is 0.188. The molecule has 24 heavy (non-hydrogen) atoms. The lowest BCUT2D eigenvalue weighted by molar-refractivity contribution is 0.171. The summed E-state index contributed by atoms with van der Waals surface area (Å²) in [5.74, 6) is 1.59. The van der Waals surface area contributed by atoms with Gasteiger partial charge in [-0.1, -0.05) is 23.7 Å². The number of fused-ring (bicyclic) bond motifs is 1. The summed E-state index contributed by atoms with van der Waals surface area (Å²) in [6, 6.07) is 14.0. The van der Waals surface area contributed by atoms with Crippen LogP contribution in [0.3, 0.4) is 0 Å². The molecular weight excluding hydrogens is 324 g/mol. The summed E-state index contributed by atoms with van der Waals surface area (Å²) in [6.45, 7) is 2.05. The van der Waals surface area contributed by atoms with Crippen LogP contribution in [-0.4, -0.2) is 19.8 Å². The smallest absolute Gasteiger partial charge is 0.161 e. The average molecular weight is 341 g/mol. The van der Waals surface area contributed by atoms with Gasteiger partial charge in [0, 0.05) is 6.54 Å². The van der Waals surface area contributed by atoms with Crippen molar-refractivity contribution in [3.05, 3.63) is 52.5 Å². The molecule has 2 aliphatic rings. The molecule has 0 aromatic heterocycles. The molecule has 2 aromatic carbocycles. The van der Waals surface area contributed by atoms with Gasteiger partial charge in [-0.15, -0.1) is 0 Å². The van der Waals surface area contributed by atoms with Crippen molar-refractivity contribution in [1.29, 1.82) is 5.26 Å². The lowest BCUT2D eigenvalue weighted by Gasteiger charge is -2.29. The Bertz CT molecular complexity index is 815. The molecule has 122 valence electrons. The van der Waals surface area contributed by atoms with Crippen LogP contribution in [0.15, 0.2) is 36.4 Å². The number of hydrogen-bond acceptors (Lipinski definition) is 4. The van der Waals surface area contributed by atoms with Crippen molar-refractivity contribution in [3.63, 3.8) is 0 Å². The Labute approximate surface area is 146 Å². The van der Waals surface area contributed by atoms with E-state index in [0.717, 1.165) is 36.6 Å². The number of halogens is 1. The second-order valence-corrected chi connectivity index (χ2v) is 6.41. The van der Waals surface area contributed by atoms with Gasteiger partial charge in [-0.2, -0.15) is 5.26 Å². The zero-order valence-corrected chi connectivity index (χ0v) is 13.9. The molecule has 4 nitrogen and oxygen atoms in total. The third-order valence-corrected chi connectivity index (χ3v) is 4.90. The summed E-state index contributed by atoms with van der Waals surface area (Å²) in [4.78, 5) is 2.24. The normalized spacial score (nSPS) is 19.2. The van der Waals surface area contributed by atoms with Crippen molar-refractivity contribution in [1.82, 2.24) is 0 Å². The van der Waals surface area contributed by atoms with Gasteiger partial charge in [-0.25, -0.2) is 0 Å². The third kappa shape index (κ3) is 2.55. The summed E-state index contributed by atoms with van der Waals surface area (Å²) in [6.07, 6.45) is 2.09. The van der Waals surface area contributed by atoms with Crippen molar-refractivity contribution >= 4 is 17.3 Å². The zero-order valence-electron chi connectivity index (χ0n) is 13.2. The van der Waals surface area contributed by atoms with Crippen molar-refractivity contribution in [2.45, 2.75) is 18.9 Å². The second kappa shape index (κ2) is 6.26. The van der Waals surface area contributed by atoms with Gasteiger partial charge in [-0.3, -0.25) is 0 Å². The topological polar surface area (TPSA) is 45.5 Å². The molecule has 0 saturated carbocycles. The van der Waals surface area contributed by atoms with Crippen LogP contribution in [-0.2, 0) is 0 Å². The number of nitrogens with zero attached hydrogens (tertiary/aromatic N) is 2. The molecule has 0 amide bonds. The van der Waals surface area contributed by atoms with E-state index >= 15 is 0 Å². The average Bonchev–Trinajstić information content (AvgIpc) is 3.10. The Kier molecular flexibility index (Phi) is 3.95. The molecule has 0 aliphatic carbocycles. The Morgan fingerprint density at radius 1 is 1.12 bits per heavy atom. The van der Waals surface area contributed by atoms with Crippen molar-refractivity contribution in [2.75, 3.05) is 24.7 Å². The van der Waals surface area contributed by atoms with Crippen molar-refractivity contribution in [3.8, 4) is 17.6 Å². The van der Waals surface area contributed by atoms with Crippen LogP contribution in [0.25, 0.3) is 0 Å². The predicted octanol–water partition coefficient (Wildman–Crippen LogP) is 4.32. The first-order valence-corrected chi connectivity index (χ1v) is 8.50. The predicted molar refractivity (Wildman–Crippen MR) is 92.9 cm³/mol. The fourth-order valence-electron chi connectivity index (χ4n) is 3.55. The molecule has 0 N–H and O–H groups in total. The number of anilines is 1. The van der Waals surface area contributed by atoms with E-state index < -0.39 is 0 Å². The van der Waals surface area contributed by atoms with Gasteiger partial charge in [0.25, 0.3) is 0 Å². The minimum atomic E-state index is 0.188. The fourth-order valence-corrected chi connectivity index (χ4v) is 3.83. The van der Waals surface area contributed by atoms with Crippen LogP contribution >= 0.6 is 11.6 Å². The van der Waals surface area contributed by atoms with Crippen LogP contribution in [0.1, 0.15) is 30.0 Å². The maximum atomic E-state index is 9.45. The Hall–Kier alpha value is -2.38. The molecule has 4 rings (SSSR count). The molecule has 0 bridgehead atoms. The SMILES string of the molecule is N#Cc1cccc(Cl)c1N1CCCC1c1ccc2c(c1)OCCO2. The highest BCUT2D eigenvalue weighted by Crippen LogP contribution is 2.43. The molecule has 2 aliphatic heterocycles. The quantitative estimate of drug-likeness (QED) is 0.816. The molecule has 0 spiro atoms. The summed E-state index contributed by atoms with van der Waals surface area (Å²) < 4.78 is 11.3. The first-order chi connectivity index (χ1) is 11.8. The first-order valence-electron chi connectivity index (χ1n) is 8.13. The molecule has 1 fully saturated rings. The Balaban J connectivity index is 1.73. The van der Waals surface area contributed by atoms with Crippen LogP contribution in [0.5, 0.6) is 11.5 Å². The number of benzene rings is 2. The molecule has 1 atom stereocenters. The van der Waals surface area contributed by atoms with E-state index in [1.54, 1.807) is 0 Å². The maximum absolute atomic E-state index is 9.45. The molecule has 0 radical (unpaired) electrons. The molecule has 1 unspecified atom stereocenters. The van der Waals surface area contributed by atoms with Crippen LogP contribution < -0.4 is 14.4 Å². The van der Waals surface area contributed by atoms with Gasteiger partial charge >= 0.3 is 0 Å². The second-order valence-electron chi connectivity index (χ2n) is 6.00. The number of nitriles is 1. The van der Waals surface area contributed by atoms with E-state index in [1.807, 2.05) is 24.3 Å². The molecule has 2 aromatic rings. The Morgan fingerprint density at radius 2 is 1.96 bits per heavy atom. The van der Waals surface area contributed by atoms with Gasteiger partial charge in [-0.05, 0) is 42.7 Å². The standard InChI is InChI=1S/C19H17ClN2O2/c20-15-4-1-3-14(12-21)19(15)22-8-2-5-16(22)13-6-7-17-18(11-13)24-10-9-23-17/h1,3-4,6-7,11,16H,2,5,8-10H2. The monoisotopic (exact) mass is 340 g/mol. The Morgan fingerprint density at radius 3 is 2.79 bits per heavy atom. The van der Waals surface area contributed by atoms with Gasteiger partial charge in [0.15, 0.2) is 11.5 Å². The highest BCUT2D eigenvalue weighted by Gasteiger charge is 2.30. The number of rotatable bonds is 2. The van der Waals surface area contributed by atoms with E-state index in [2.05, 4.69) is 23.1 Å².